The van der Waals surface area contributed by atoms with Crippen molar-refractivity contribution < 1.29 is 9.50 Å². The van der Waals surface area contributed by atoms with E-state index >= 15 is 0 Å². The number of benzene rings is 1. The van der Waals surface area contributed by atoms with Crippen molar-refractivity contribution >= 4 is 5.69 Å². The summed E-state index contributed by atoms with van der Waals surface area (Å²) in [7, 11) is 1.89. The second kappa shape index (κ2) is 6.01. The second-order valence-electron chi connectivity index (χ2n) is 4.99. The molecule has 0 heterocycles. The predicted octanol–water partition coefficient (Wildman–Crippen LogP) is 3.36. The molecule has 0 aliphatic carbocycles. The highest BCUT2D eigenvalue weighted by Gasteiger charge is 2.10. The third kappa shape index (κ3) is 4.00. The van der Waals surface area contributed by atoms with Crippen molar-refractivity contribution in [3.8, 4) is 0 Å². The van der Waals surface area contributed by atoms with Gasteiger partial charge in [-0.25, -0.2) is 4.39 Å². The van der Waals surface area contributed by atoms with Crippen LogP contribution in [0.25, 0.3) is 0 Å². The molecular weight excluding hydrogens is 217 g/mol. The van der Waals surface area contributed by atoms with Gasteiger partial charge in [-0.3, -0.25) is 0 Å². The van der Waals surface area contributed by atoms with Gasteiger partial charge in [0.15, 0.2) is 0 Å². The van der Waals surface area contributed by atoms with Crippen molar-refractivity contribution in [2.45, 2.75) is 33.3 Å². The van der Waals surface area contributed by atoms with E-state index in [1.165, 1.54) is 6.07 Å². The number of hydrogen-bond acceptors (Lipinski definition) is 2. The lowest BCUT2D eigenvalue weighted by Crippen LogP contribution is -2.21. The van der Waals surface area contributed by atoms with E-state index in [4.69, 9.17) is 0 Å². The van der Waals surface area contributed by atoms with Gasteiger partial charge in [0.2, 0.25) is 0 Å². The lowest BCUT2D eigenvalue weighted by atomic mass is 10.1. The molecule has 0 unspecified atom stereocenters. The van der Waals surface area contributed by atoms with Crippen molar-refractivity contribution in [2.75, 3.05) is 18.5 Å². The fourth-order valence-electron chi connectivity index (χ4n) is 1.66. The summed E-state index contributed by atoms with van der Waals surface area (Å²) in [5.41, 5.74) is 1.21. The van der Waals surface area contributed by atoms with Crippen molar-refractivity contribution in [1.82, 2.24) is 0 Å². The van der Waals surface area contributed by atoms with Crippen LogP contribution in [0.5, 0.6) is 0 Å². The first-order chi connectivity index (χ1) is 7.91. The minimum atomic E-state index is -0.625. The Kier molecular flexibility index (Phi) is 4.94. The van der Waals surface area contributed by atoms with Crippen LogP contribution in [0.2, 0.25) is 0 Å². The highest BCUT2D eigenvalue weighted by Crippen LogP contribution is 2.23. The molecule has 0 spiro atoms. The molecule has 0 amide bonds. The van der Waals surface area contributed by atoms with Crippen LogP contribution < -0.4 is 4.90 Å². The average Bonchev–Trinajstić information content (AvgIpc) is 2.25. The summed E-state index contributed by atoms with van der Waals surface area (Å²) in [4.78, 5) is 1.92. The van der Waals surface area contributed by atoms with E-state index in [0.29, 0.717) is 17.2 Å². The third-order valence-corrected chi connectivity index (χ3v) is 2.91. The molecule has 0 bridgehead atoms. The molecule has 96 valence electrons. The van der Waals surface area contributed by atoms with Crippen LogP contribution in [0, 0.1) is 11.7 Å². The molecule has 17 heavy (non-hydrogen) atoms. The SMILES string of the molecule is CC(C)CCN(C)c1ccc([C@H](C)O)cc1F. The quantitative estimate of drug-likeness (QED) is 0.851. The van der Waals surface area contributed by atoms with Crippen molar-refractivity contribution in [3.63, 3.8) is 0 Å². The Balaban J connectivity index is 2.77. The Hall–Kier alpha value is -1.09. The van der Waals surface area contributed by atoms with Gasteiger partial charge in [-0.05, 0) is 37.0 Å². The average molecular weight is 239 g/mol. The van der Waals surface area contributed by atoms with Gasteiger partial charge in [0.25, 0.3) is 0 Å². The fourth-order valence-corrected chi connectivity index (χ4v) is 1.66. The van der Waals surface area contributed by atoms with Gasteiger partial charge < -0.3 is 10.0 Å². The first-order valence-corrected chi connectivity index (χ1v) is 6.10. The van der Waals surface area contributed by atoms with Crippen LogP contribution in [0.1, 0.15) is 38.9 Å². The maximum absolute atomic E-state index is 13.8. The molecule has 1 rings (SSSR count). The molecular formula is C14H22FNO. The summed E-state index contributed by atoms with van der Waals surface area (Å²) in [6.07, 6.45) is 0.410. The normalized spacial score (nSPS) is 12.9. The van der Waals surface area contributed by atoms with Crippen molar-refractivity contribution in [1.29, 1.82) is 0 Å². The fraction of sp³-hybridized carbons (Fsp3) is 0.571. The Morgan fingerprint density at radius 3 is 2.41 bits per heavy atom. The predicted molar refractivity (Wildman–Crippen MR) is 69.8 cm³/mol. The van der Waals surface area contributed by atoms with Gasteiger partial charge in [-0.15, -0.1) is 0 Å². The molecule has 1 aromatic rings. The lowest BCUT2D eigenvalue weighted by molar-refractivity contribution is 0.199. The van der Waals surface area contributed by atoms with E-state index in [1.807, 2.05) is 11.9 Å². The largest absolute Gasteiger partial charge is 0.389 e. The minimum absolute atomic E-state index is 0.269. The van der Waals surface area contributed by atoms with Crippen LogP contribution in [0.3, 0.4) is 0 Å². The molecule has 0 saturated heterocycles. The summed E-state index contributed by atoms with van der Waals surface area (Å²) in [5, 5.41) is 9.37. The van der Waals surface area contributed by atoms with Crippen LogP contribution in [0.15, 0.2) is 18.2 Å². The van der Waals surface area contributed by atoms with E-state index in [2.05, 4.69) is 13.8 Å². The number of aliphatic hydroxyl groups excluding tert-OH is 1. The lowest BCUT2D eigenvalue weighted by Gasteiger charge is -2.21. The Bertz CT molecular complexity index is 363. The van der Waals surface area contributed by atoms with Crippen LogP contribution in [-0.4, -0.2) is 18.7 Å². The molecule has 1 N–H and O–H groups in total. The molecule has 0 aliphatic heterocycles. The molecule has 0 saturated carbocycles. The molecule has 3 heteroatoms. The topological polar surface area (TPSA) is 23.5 Å². The van der Waals surface area contributed by atoms with Crippen LogP contribution >= 0.6 is 0 Å². The van der Waals surface area contributed by atoms with E-state index in [-0.39, 0.29) is 5.82 Å². The molecule has 0 aromatic heterocycles. The zero-order chi connectivity index (χ0) is 13.0. The van der Waals surface area contributed by atoms with E-state index in [1.54, 1.807) is 19.1 Å². The monoisotopic (exact) mass is 239 g/mol. The summed E-state index contributed by atoms with van der Waals surface area (Å²) in [6, 6.07) is 4.92. The number of halogens is 1. The summed E-state index contributed by atoms with van der Waals surface area (Å²) in [5.74, 6) is 0.340. The van der Waals surface area contributed by atoms with Gasteiger partial charge in [-0.1, -0.05) is 19.9 Å². The van der Waals surface area contributed by atoms with Crippen LogP contribution in [0.4, 0.5) is 10.1 Å². The van der Waals surface area contributed by atoms with Gasteiger partial charge >= 0.3 is 0 Å². The smallest absolute Gasteiger partial charge is 0.146 e. The summed E-state index contributed by atoms with van der Waals surface area (Å²) >= 11 is 0. The van der Waals surface area contributed by atoms with E-state index in [9.17, 15) is 9.50 Å². The standard InChI is InChI=1S/C14H22FNO/c1-10(2)7-8-16(4)14-6-5-12(11(3)17)9-13(14)15/h5-6,9-11,17H,7-8H2,1-4H3/t11-/m0/s1. The summed E-state index contributed by atoms with van der Waals surface area (Å²) in [6.45, 7) is 6.78. The number of hydrogen-bond donors (Lipinski definition) is 1. The Labute approximate surface area is 103 Å². The van der Waals surface area contributed by atoms with E-state index in [0.717, 1.165) is 13.0 Å². The molecule has 0 radical (unpaired) electrons. The molecule has 0 fully saturated rings. The number of aliphatic hydroxyl groups is 1. The maximum atomic E-state index is 13.8. The zero-order valence-corrected chi connectivity index (χ0v) is 11.1. The van der Waals surface area contributed by atoms with Crippen molar-refractivity contribution in [3.05, 3.63) is 29.6 Å². The molecule has 0 aliphatic rings. The van der Waals surface area contributed by atoms with Gasteiger partial charge in [-0.2, -0.15) is 0 Å². The highest BCUT2D eigenvalue weighted by atomic mass is 19.1. The number of rotatable bonds is 5. The first-order valence-electron chi connectivity index (χ1n) is 6.10. The number of anilines is 1. The van der Waals surface area contributed by atoms with Gasteiger partial charge in [0.05, 0.1) is 11.8 Å². The first kappa shape index (κ1) is 14.0. The second-order valence-corrected chi connectivity index (χ2v) is 4.99. The molecule has 1 aromatic carbocycles. The Morgan fingerprint density at radius 2 is 1.94 bits per heavy atom. The van der Waals surface area contributed by atoms with Gasteiger partial charge in [0.1, 0.15) is 5.82 Å². The third-order valence-electron chi connectivity index (χ3n) is 2.91. The molecule has 2 nitrogen and oxygen atoms in total. The maximum Gasteiger partial charge on any atom is 0.146 e. The number of nitrogens with zero attached hydrogens (tertiary/aromatic N) is 1. The summed E-state index contributed by atoms with van der Waals surface area (Å²) < 4.78 is 13.8. The highest BCUT2D eigenvalue weighted by molar-refractivity contribution is 5.48. The van der Waals surface area contributed by atoms with Crippen LogP contribution in [-0.2, 0) is 0 Å². The zero-order valence-electron chi connectivity index (χ0n) is 11.1. The van der Waals surface area contributed by atoms with Crippen molar-refractivity contribution in [2.24, 2.45) is 5.92 Å². The van der Waals surface area contributed by atoms with E-state index < -0.39 is 6.10 Å². The van der Waals surface area contributed by atoms with Gasteiger partial charge in [0, 0.05) is 13.6 Å². The Morgan fingerprint density at radius 1 is 1.29 bits per heavy atom. The molecule has 1 atom stereocenters. The minimum Gasteiger partial charge on any atom is -0.389 e.